The molecule has 148 valence electrons. The number of nitrogens with zero attached hydrogens (tertiary/aromatic N) is 2. The van der Waals surface area contributed by atoms with Gasteiger partial charge in [-0.05, 0) is 54.3 Å². The van der Waals surface area contributed by atoms with Gasteiger partial charge in [-0.1, -0.05) is 48.0 Å². The van der Waals surface area contributed by atoms with Crippen LogP contribution in [0, 0.1) is 0 Å². The molecule has 1 saturated heterocycles. The van der Waals surface area contributed by atoms with Crippen molar-refractivity contribution < 1.29 is 4.79 Å². The Hall–Kier alpha value is -2.69. The first-order valence-electron chi connectivity index (χ1n) is 9.96. The highest BCUT2D eigenvalue weighted by Gasteiger charge is 2.28. The number of hydrogen-bond acceptors (Lipinski definition) is 3. The van der Waals surface area contributed by atoms with Gasteiger partial charge in [-0.25, -0.2) is 0 Å². The first kappa shape index (κ1) is 19.6. The molecule has 3 aromatic rings. The highest BCUT2D eigenvalue weighted by Crippen LogP contribution is 2.31. The average molecular weight is 406 g/mol. The third-order valence-electron chi connectivity index (χ3n) is 5.45. The molecule has 5 heteroatoms. The summed E-state index contributed by atoms with van der Waals surface area (Å²) in [4.78, 5) is 19.2. The van der Waals surface area contributed by atoms with Crippen molar-refractivity contribution in [3.8, 4) is 0 Å². The SMILES string of the molecule is O=C(NC1CCN(C(c2ccc(Cl)cc2)c2cccnc2)CC1)c1ccccc1. The van der Waals surface area contributed by atoms with Crippen LogP contribution in [0.4, 0.5) is 0 Å². The van der Waals surface area contributed by atoms with Crippen molar-refractivity contribution in [2.45, 2.75) is 24.9 Å². The van der Waals surface area contributed by atoms with Crippen molar-refractivity contribution in [1.82, 2.24) is 15.2 Å². The summed E-state index contributed by atoms with van der Waals surface area (Å²) in [6.07, 6.45) is 5.57. The molecule has 2 aromatic carbocycles. The zero-order chi connectivity index (χ0) is 20.1. The molecule has 4 nitrogen and oxygen atoms in total. The zero-order valence-electron chi connectivity index (χ0n) is 16.2. The topological polar surface area (TPSA) is 45.2 Å². The number of rotatable bonds is 5. The normalized spacial score (nSPS) is 16.3. The van der Waals surface area contributed by atoms with Gasteiger partial charge in [0.2, 0.25) is 0 Å². The average Bonchev–Trinajstić information content (AvgIpc) is 2.78. The molecular formula is C24H24ClN3O. The van der Waals surface area contributed by atoms with Gasteiger partial charge >= 0.3 is 0 Å². The van der Waals surface area contributed by atoms with Crippen LogP contribution in [0.1, 0.15) is 40.4 Å². The van der Waals surface area contributed by atoms with Crippen molar-refractivity contribution >= 4 is 17.5 Å². The zero-order valence-corrected chi connectivity index (χ0v) is 16.9. The number of halogens is 1. The number of aromatic nitrogens is 1. The number of likely N-dealkylation sites (tertiary alicyclic amines) is 1. The quantitative estimate of drug-likeness (QED) is 0.668. The van der Waals surface area contributed by atoms with E-state index in [9.17, 15) is 4.79 Å². The summed E-state index contributed by atoms with van der Waals surface area (Å²) in [7, 11) is 0. The van der Waals surface area contributed by atoms with E-state index in [0.29, 0.717) is 5.56 Å². The van der Waals surface area contributed by atoms with Gasteiger partial charge in [0, 0.05) is 42.1 Å². The summed E-state index contributed by atoms with van der Waals surface area (Å²) in [5, 5.41) is 3.92. The summed E-state index contributed by atoms with van der Waals surface area (Å²) in [6, 6.07) is 21.9. The highest BCUT2D eigenvalue weighted by molar-refractivity contribution is 6.30. The Morgan fingerprint density at radius 2 is 1.69 bits per heavy atom. The highest BCUT2D eigenvalue weighted by atomic mass is 35.5. The molecule has 0 aliphatic carbocycles. The Morgan fingerprint density at radius 1 is 0.966 bits per heavy atom. The largest absolute Gasteiger partial charge is 0.349 e. The minimum absolute atomic E-state index is 0.00515. The Morgan fingerprint density at radius 3 is 2.34 bits per heavy atom. The van der Waals surface area contributed by atoms with Crippen LogP contribution >= 0.6 is 11.6 Å². The first-order chi connectivity index (χ1) is 14.2. The number of benzene rings is 2. The van der Waals surface area contributed by atoms with Gasteiger partial charge in [-0.3, -0.25) is 14.7 Å². The third kappa shape index (κ3) is 4.84. The van der Waals surface area contributed by atoms with Crippen LogP contribution in [0.15, 0.2) is 79.1 Å². The molecule has 0 saturated carbocycles. The first-order valence-corrected chi connectivity index (χ1v) is 10.3. The molecule has 0 spiro atoms. The van der Waals surface area contributed by atoms with E-state index in [1.165, 1.54) is 11.1 Å². The number of amides is 1. The van der Waals surface area contributed by atoms with Crippen molar-refractivity contribution in [3.63, 3.8) is 0 Å². The van der Waals surface area contributed by atoms with Crippen LogP contribution in [0.2, 0.25) is 5.02 Å². The molecule has 0 bridgehead atoms. The predicted octanol–water partition coefficient (Wildman–Crippen LogP) is 4.72. The molecule has 29 heavy (non-hydrogen) atoms. The van der Waals surface area contributed by atoms with Gasteiger partial charge in [-0.15, -0.1) is 0 Å². The maximum atomic E-state index is 12.5. The number of carbonyl (C=O) groups is 1. The second-order valence-corrected chi connectivity index (χ2v) is 7.83. The van der Waals surface area contributed by atoms with Gasteiger partial charge in [0.05, 0.1) is 6.04 Å². The monoisotopic (exact) mass is 405 g/mol. The molecule has 1 atom stereocenters. The fourth-order valence-corrected chi connectivity index (χ4v) is 4.08. The molecule has 1 unspecified atom stereocenters. The summed E-state index contributed by atoms with van der Waals surface area (Å²) < 4.78 is 0. The fraction of sp³-hybridized carbons (Fsp3) is 0.250. The van der Waals surface area contributed by atoms with E-state index >= 15 is 0 Å². The van der Waals surface area contributed by atoms with E-state index < -0.39 is 0 Å². The Bertz CT molecular complexity index is 923. The van der Waals surface area contributed by atoms with Gasteiger partial charge in [-0.2, -0.15) is 0 Å². The summed E-state index contributed by atoms with van der Waals surface area (Å²) >= 11 is 6.10. The van der Waals surface area contributed by atoms with Crippen molar-refractivity contribution in [2.24, 2.45) is 0 Å². The molecule has 1 N–H and O–H groups in total. The van der Waals surface area contributed by atoms with E-state index in [4.69, 9.17) is 11.6 Å². The van der Waals surface area contributed by atoms with Crippen LogP contribution in [-0.2, 0) is 0 Å². The van der Waals surface area contributed by atoms with E-state index in [0.717, 1.165) is 31.0 Å². The lowest BCUT2D eigenvalue weighted by molar-refractivity contribution is 0.0900. The molecular weight excluding hydrogens is 382 g/mol. The summed E-state index contributed by atoms with van der Waals surface area (Å²) in [5.41, 5.74) is 3.08. The number of pyridine rings is 1. The molecule has 2 heterocycles. The number of nitrogens with one attached hydrogen (secondary N) is 1. The standard InChI is InChI=1S/C24H24ClN3O/c25-21-10-8-18(9-11-21)23(20-7-4-14-26-17-20)28-15-12-22(13-16-28)27-24(29)19-5-2-1-3-6-19/h1-11,14,17,22-23H,12-13,15-16H2,(H,27,29). The lowest BCUT2D eigenvalue weighted by Crippen LogP contribution is -2.45. The number of carbonyl (C=O) groups excluding carboxylic acids is 1. The fourth-order valence-electron chi connectivity index (χ4n) is 3.96. The lowest BCUT2D eigenvalue weighted by atomic mass is 9.94. The number of hydrogen-bond donors (Lipinski definition) is 1. The molecule has 4 rings (SSSR count). The minimum Gasteiger partial charge on any atom is -0.349 e. The van der Waals surface area contributed by atoms with E-state index in [1.807, 2.05) is 54.7 Å². The maximum Gasteiger partial charge on any atom is 0.251 e. The van der Waals surface area contributed by atoms with Gasteiger partial charge in [0.25, 0.3) is 5.91 Å². The summed E-state index contributed by atoms with van der Waals surface area (Å²) in [6.45, 7) is 1.81. The van der Waals surface area contributed by atoms with Crippen LogP contribution in [0.5, 0.6) is 0 Å². The predicted molar refractivity (Wildman–Crippen MR) is 116 cm³/mol. The summed E-state index contributed by atoms with van der Waals surface area (Å²) in [5.74, 6) is 0.00515. The maximum absolute atomic E-state index is 12.5. The van der Waals surface area contributed by atoms with Crippen molar-refractivity contribution in [3.05, 3.63) is 101 Å². The van der Waals surface area contributed by atoms with Gasteiger partial charge in [0.15, 0.2) is 0 Å². The van der Waals surface area contributed by atoms with Gasteiger partial charge < -0.3 is 5.32 Å². The van der Waals surface area contributed by atoms with Gasteiger partial charge in [0.1, 0.15) is 0 Å². The lowest BCUT2D eigenvalue weighted by Gasteiger charge is -2.38. The molecule has 0 radical (unpaired) electrons. The Kier molecular flexibility index (Phi) is 6.23. The van der Waals surface area contributed by atoms with Crippen LogP contribution in [0.3, 0.4) is 0 Å². The molecule has 1 aliphatic rings. The second kappa shape index (κ2) is 9.21. The third-order valence-corrected chi connectivity index (χ3v) is 5.70. The van der Waals surface area contributed by atoms with Crippen LogP contribution < -0.4 is 5.32 Å². The second-order valence-electron chi connectivity index (χ2n) is 7.39. The Balaban J connectivity index is 1.45. The molecule has 1 fully saturated rings. The van der Waals surface area contributed by atoms with Crippen molar-refractivity contribution in [2.75, 3.05) is 13.1 Å². The van der Waals surface area contributed by atoms with E-state index in [2.05, 4.69) is 33.4 Å². The molecule has 1 aliphatic heterocycles. The van der Waals surface area contributed by atoms with Crippen molar-refractivity contribution in [1.29, 1.82) is 0 Å². The number of piperidine rings is 1. The minimum atomic E-state index is 0.00515. The Labute approximate surface area is 176 Å². The van der Waals surface area contributed by atoms with Crippen LogP contribution in [-0.4, -0.2) is 34.9 Å². The van der Waals surface area contributed by atoms with E-state index in [1.54, 1.807) is 6.20 Å². The smallest absolute Gasteiger partial charge is 0.251 e. The molecule has 1 aromatic heterocycles. The van der Waals surface area contributed by atoms with Crippen LogP contribution in [0.25, 0.3) is 0 Å². The van der Waals surface area contributed by atoms with E-state index in [-0.39, 0.29) is 18.0 Å². The molecule has 1 amide bonds.